The van der Waals surface area contributed by atoms with Crippen LogP contribution in [-0.4, -0.2) is 75.3 Å². The van der Waals surface area contributed by atoms with Gasteiger partial charge in [0.15, 0.2) is 0 Å². The quantitative estimate of drug-likeness (QED) is 0.346. The molecule has 0 atom stereocenters. The van der Waals surface area contributed by atoms with Gasteiger partial charge in [0.25, 0.3) is 5.12 Å². The molecule has 7 heteroatoms. The molecule has 0 spiro atoms. The van der Waals surface area contributed by atoms with Crippen LogP contribution < -0.4 is 0 Å². The molecule has 0 bridgehead atoms. The first-order valence-electron chi connectivity index (χ1n) is 2.34. The molecule has 0 aliphatic heterocycles. The molecule has 0 radical (unpaired) electrons. The van der Waals surface area contributed by atoms with E-state index in [0.717, 1.165) is 6.92 Å². The number of carbonyl (C=O) groups excluding carboxylic acids is 2. The van der Waals surface area contributed by atoms with Gasteiger partial charge in [-0.25, -0.2) is 0 Å². The Morgan fingerprint density at radius 1 is 1.36 bits per heavy atom. The van der Waals surface area contributed by atoms with Gasteiger partial charge in [-0.3, -0.25) is 14.1 Å². The van der Waals surface area contributed by atoms with E-state index in [4.69, 9.17) is 4.55 Å². The summed E-state index contributed by atoms with van der Waals surface area (Å²) in [5, 5.41) is -1.46. The summed E-state index contributed by atoms with van der Waals surface area (Å²) >= 11 is 0. The summed E-state index contributed by atoms with van der Waals surface area (Å²) in [6.07, 6.45) is -0.765. The second-order valence-electron chi connectivity index (χ2n) is 1.73. The number of ketones is 1. The van der Waals surface area contributed by atoms with Crippen molar-refractivity contribution < 1.29 is 22.6 Å². The predicted octanol–water partition coefficient (Wildman–Crippen LogP) is -1.27. The zero-order valence-corrected chi connectivity index (χ0v) is 6.01. The molecule has 0 saturated carbocycles. The summed E-state index contributed by atoms with van der Waals surface area (Å²) in [4.78, 5) is 20.3. The number of rotatable bonds is 2. The molecular weight excluding hydrogens is 199 g/mol. The van der Waals surface area contributed by atoms with E-state index in [9.17, 15) is 18.0 Å². The first-order valence-corrected chi connectivity index (χ1v) is 3.78. The summed E-state index contributed by atoms with van der Waals surface area (Å²) in [5.41, 5.74) is 0. The van der Waals surface area contributed by atoms with E-state index in [1.165, 1.54) is 0 Å². The Morgan fingerprint density at radius 2 is 1.73 bits per heavy atom. The van der Waals surface area contributed by atoms with Crippen molar-refractivity contribution in [1.29, 1.82) is 0 Å². The van der Waals surface area contributed by atoms with E-state index < -0.39 is 27.4 Å². The van der Waals surface area contributed by atoms with Crippen molar-refractivity contribution in [3.63, 3.8) is 0 Å². The van der Waals surface area contributed by atoms with Gasteiger partial charge in [0.1, 0.15) is 5.78 Å². The Kier molecular flexibility index (Phi) is 7.23. The molecule has 0 aromatic carbocycles. The van der Waals surface area contributed by atoms with Crippen molar-refractivity contribution in [3.05, 3.63) is 0 Å². The van der Waals surface area contributed by atoms with E-state index in [-0.39, 0.29) is 51.4 Å². The Labute approximate surface area is 107 Å². The van der Waals surface area contributed by atoms with E-state index in [1.54, 1.807) is 0 Å². The standard InChI is InChI=1S/C4H6O5S.K.H/c1-3(5)2-4(6)10(7,8)9;;/h2H2,1H3,(H,7,8,9);;. The van der Waals surface area contributed by atoms with Crippen molar-refractivity contribution in [2.75, 3.05) is 0 Å². The van der Waals surface area contributed by atoms with Crippen LogP contribution >= 0.6 is 0 Å². The average Bonchev–Trinajstić information content (AvgIpc) is 1.60. The monoisotopic (exact) mass is 206 g/mol. The summed E-state index contributed by atoms with van der Waals surface area (Å²) in [6, 6.07) is 0. The topological polar surface area (TPSA) is 88.5 Å². The van der Waals surface area contributed by atoms with Crippen LogP contribution in [0.5, 0.6) is 0 Å². The van der Waals surface area contributed by atoms with E-state index in [0.29, 0.717) is 0 Å². The van der Waals surface area contributed by atoms with Gasteiger partial charge < -0.3 is 0 Å². The molecule has 0 heterocycles. The Hall–Kier alpha value is 0.886. The van der Waals surface area contributed by atoms with Gasteiger partial charge in [-0.15, -0.1) is 0 Å². The molecule has 0 aromatic heterocycles. The molecule has 0 aliphatic rings. The van der Waals surface area contributed by atoms with Crippen LogP contribution in [0.2, 0.25) is 0 Å². The second-order valence-corrected chi connectivity index (χ2v) is 3.13. The van der Waals surface area contributed by atoms with Gasteiger partial charge in [0, 0.05) is 0 Å². The van der Waals surface area contributed by atoms with Crippen LogP contribution in [0.1, 0.15) is 13.3 Å². The van der Waals surface area contributed by atoms with Gasteiger partial charge in [-0.05, 0) is 6.92 Å². The summed E-state index contributed by atoms with van der Waals surface area (Å²) < 4.78 is 27.8. The molecule has 0 amide bonds. The first kappa shape index (κ1) is 14.4. The third-order valence-electron chi connectivity index (χ3n) is 0.681. The predicted molar refractivity (Wildman–Crippen MR) is 39.0 cm³/mol. The third-order valence-corrected chi connectivity index (χ3v) is 1.40. The molecular formula is C4H7KO5S. The van der Waals surface area contributed by atoms with Crippen molar-refractivity contribution in [2.45, 2.75) is 13.3 Å². The zero-order chi connectivity index (χ0) is 8.36. The van der Waals surface area contributed by atoms with Crippen molar-refractivity contribution >= 4 is 72.4 Å². The average molecular weight is 206 g/mol. The van der Waals surface area contributed by atoms with Crippen molar-refractivity contribution in [3.8, 4) is 0 Å². The van der Waals surface area contributed by atoms with Crippen LogP contribution in [0, 0.1) is 0 Å². The SMILES string of the molecule is CC(=O)CC(=O)S(=O)(=O)O.[KH]. The maximum atomic E-state index is 10.2. The number of carbonyl (C=O) groups is 2. The second kappa shape index (κ2) is 5.52. The normalized spacial score (nSPS) is 10.0. The molecule has 0 fully saturated rings. The molecule has 0 saturated heterocycles. The van der Waals surface area contributed by atoms with Crippen LogP contribution in [0.3, 0.4) is 0 Å². The van der Waals surface area contributed by atoms with Gasteiger partial charge in [-0.1, -0.05) is 0 Å². The van der Waals surface area contributed by atoms with E-state index in [2.05, 4.69) is 0 Å². The van der Waals surface area contributed by atoms with E-state index >= 15 is 0 Å². The zero-order valence-electron chi connectivity index (χ0n) is 5.20. The minimum absolute atomic E-state index is 0. The van der Waals surface area contributed by atoms with Crippen LogP contribution in [0.4, 0.5) is 0 Å². The van der Waals surface area contributed by atoms with Crippen LogP contribution in [-0.2, 0) is 19.7 Å². The van der Waals surface area contributed by atoms with Gasteiger partial charge in [-0.2, -0.15) is 8.42 Å². The number of hydrogen-bond acceptors (Lipinski definition) is 4. The third kappa shape index (κ3) is 7.25. The molecule has 60 valence electrons. The first-order chi connectivity index (χ1) is 4.34. The Morgan fingerprint density at radius 3 is 1.82 bits per heavy atom. The molecule has 0 rings (SSSR count). The number of hydrogen-bond donors (Lipinski definition) is 1. The summed E-state index contributed by atoms with van der Waals surface area (Å²) in [5.74, 6) is -0.595. The van der Waals surface area contributed by atoms with Crippen molar-refractivity contribution in [1.82, 2.24) is 0 Å². The maximum absolute atomic E-state index is 10.2. The summed E-state index contributed by atoms with van der Waals surface area (Å²) in [7, 11) is -4.66. The van der Waals surface area contributed by atoms with E-state index in [1.807, 2.05) is 0 Å². The van der Waals surface area contributed by atoms with Gasteiger partial charge in [0.05, 0.1) is 6.42 Å². The fourth-order valence-electron chi connectivity index (χ4n) is 0.294. The van der Waals surface area contributed by atoms with Crippen LogP contribution in [0.15, 0.2) is 0 Å². The Bertz CT molecular complexity index is 254. The molecule has 0 unspecified atom stereocenters. The fourth-order valence-corrected chi connectivity index (χ4v) is 0.680. The summed E-state index contributed by atoms with van der Waals surface area (Å²) in [6.45, 7) is 1.06. The molecule has 5 nitrogen and oxygen atoms in total. The molecule has 0 aliphatic carbocycles. The van der Waals surface area contributed by atoms with Gasteiger partial charge >= 0.3 is 61.5 Å². The molecule has 1 N–H and O–H groups in total. The van der Waals surface area contributed by atoms with Crippen LogP contribution in [0.25, 0.3) is 0 Å². The van der Waals surface area contributed by atoms with Crippen molar-refractivity contribution in [2.24, 2.45) is 0 Å². The number of Topliss-reactive ketones (excluding diaryl/α,β-unsaturated/α-hetero) is 1. The Balaban J connectivity index is 0. The molecule has 0 aromatic rings. The fraction of sp³-hybridized carbons (Fsp3) is 0.500. The van der Waals surface area contributed by atoms with Gasteiger partial charge in [0.2, 0.25) is 0 Å². The molecule has 11 heavy (non-hydrogen) atoms. The minimum atomic E-state index is -4.66.